The lowest BCUT2D eigenvalue weighted by Crippen LogP contribution is -2.36. The summed E-state index contributed by atoms with van der Waals surface area (Å²) in [7, 11) is 3.72. The van der Waals surface area contributed by atoms with Gasteiger partial charge in [0.2, 0.25) is 0 Å². The average molecular weight is 277 g/mol. The van der Waals surface area contributed by atoms with Crippen LogP contribution in [-0.4, -0.2) is 24.1 Å². The number of nitrogens with zero attached hydrogens (tertiary/aromatic N) is 2. The van der Waals surface area contributed by atoms with E-state index in [1.165, 1.54) is 18.4 Å². The van der Waals surface area contributed by atoms with Gasteiger partial charge >= 0.3 is 0 Å². The molecule has 1 saturated carbocycles. The summed E-state index contributed by atoms with van der Waals surface area (Å²) in [5.41, 5.74) is 1.96. The SMILES string of the molecule is CCc1c(C)nc(C2(OC)CCCC(C)C2)nc1NC. The molecule has 0 amide bonds. The van der Waals surface area contributed by atoms with E-state index in [-0.39, 0.29) is 5.60 Å². The topological polar surface area (TPSA) is 47.0 Å². The van der Waals surface area contributed by atoms with E-state index in [9.17, 15) is 0 Å². The summed E-state index contributed by atoms with van der Waals surface area (Å²) in [6, 6.07) is 0. The van der Waals surface area contributed by atoms with Crippen LogP contribution in [-0.2, 0) is 16.8 Å². The molecular formula is C16H27N3O. The second-order valence-electron chi connectivity index (χ2n) is 5.96. The second-order valence-corrected chi connectivity index (χ2v) is 5.96. The van der Waals surface area contributed by atoms with Gasteiger partial charge in [-0.1, -0.05) is 20.3 Å². The Morgan fingerprint density at radius 1 is 1.40 bits per heavy atom. The van der Waals surface area contributed by atoms with Crippen molar-refractivity contribution in [3.8, 4) is 0 Å². The van der Waals surface area contributed by atoms with E-state index in [2.05, 4.69) is 26.1 Å². The van der Waals surface area contributed by atoms with Crippen LogP contribution in [0.5, 0.6) is 0 Å². The number of rotatable bonds is 4. The van der Waals surface area contributed by atoms with Crippen molar-refractivity contribution in [2.75, 3.05) is 19.5 Å². The molecule has 0 spiro atoms. The monoisotopic (exact) mass is 277 g/mol. The van der Waals surface area contributed by atoms with Crippen LogP contribution in [0.2, 0.25) is 0 Å². The molecule has 1 fully saturated rings. The van der Waals surface area contributed by atoms with Crippen LogP contribution in [0.4, 0.5) is 5.82 Å². The summed E-state index contributed by atoms with van der Waals surface area (Å²) < 4.78 is 5.91. The number of ether oxygens (including phenoxy) is 1. The van der Waals surface area contributed by atoms with Crippen LogP contribution in [0.15, 0.2) is 0 Å². The Kier molecular flexibility index (Phi) is 4.63. The van der Waals surface area contributed by atoms with Crippen LogP contribution in [0.3, 0.4) is 0 Å². The molecule has 1 N–H and O–H groups in total. The lowest BCUT2D eigenvalue weighted by Gasteiger charge is -2.38. The maximum atomic E-state index is 5.91. The van der Waals surface area contributed by atoms with Gasteiger partial charge in [0.1, 0.15) is 11.4 Å². The number of hydrogen-bond acceptors (Lipinski definition) is 4. The Morgan fingerprint density at radius 3 is 2.70 bits per heavy atom. The Morgan fingerprint density at radius 2 is 2.15 bits per heavy atom. The highest BCUT2D eigenvalue weighted by Gasteiger charge is 2.40. The molecule has 2 atom stereocenters. The molecule has 1 aliphatic rings. The minimum absolute atomic E-state index is 0.305. The van der Waals surface area contributed by atoms with Gasteiger partial charge in [0.15, 0.2) is 5.82 Å². The molecule has 112 valence electrons. The first-order valence-corrected chi connectivity index (χ1v) is 7.67. The molecule has 2 rings (SSSR count). The maximum absolute atomic E-state index is 5.91. The Bertz CT molecular complexity index is 475. The number of hydrogen-bond donors (Lipinski definition) is 1. The first kappa shape index (κ1) is 15.2. The zero-order valence-corrected chi connectivity index (χ0v) is 13.4. The number of aryl methyl sites for hydroxylation is 1. The van der Waals surface area contributed by atoms with Gasteiger partial charge in [-0.2, -0.15) is 0 Å². The second kappa shape index (κ2) is 6.08. The van der Waals surface area contributed by atoms with Crippen LogP contribution in [0.1, 0.15) is 56.6 Å². The van der Waals surface area contributed by atoms with Gasteiger partial charge in [-0.3, -0.25) is 0 Å². The van der Waals surface area contributed by atoms with Gasteiger partial charge in [-0.25, -0.2) is 9.97 Å². The van der Waals surface area contributed by atoms with Gasteiger partial charge < -0.3 is 10.1 Å². The third kappa shape index (κ3) is 2.66. The summed E-state index contributed by atoms with van der Waals surface area (Å²) in [6.45, 7) is 6.50. The van der Waals surface area contributed by atoms with E-state index in [1.54, 1.807) is 7.11 Å². The number of aromatic nitrogens is 2. The fourth-order valence-electron chi connectivity index (χ4n) is 3.41. The van der Waals surface area contributed by atoms with E-state index in [1.807, 2.05) is 7.05 Å². The maximum Gasteiger partial charge on any atom is 0.162 e. The number of nitrogens with one attached hydrogen (secondary N) is 1. The van der Waals surface area contributed by atoms with Crippen molar-refractivity contribution in [2.45, 2.75) is 58.5 Å². The number of anilines is 1. The van der Waals surface area contributed by atoms with Crippen LogP contribution in [0, 0.1) is 12.8 Å². The highest BCUT2D eigenvalue weighted by atomic mass is 16.5. The van der Waals surface area contributed by atoms with Crippen molar-refractivity contribution in [2.24, 2.45) is 5.92 Å². The zero-order chi connectivity index (χ0) is 14.8. The highest BCUT2D eigenvalue weighted by molar-refractivity contribution is 5.46. The third-order valence-electron chi connectivity index (χ3n) is 4.56. The fraction of sp³-hybridized carbons (Fsp3) is 0.750. The van der Waals surface area contributed by atoms with Crippen molar-refractivity contribution >= 4 is 5.82 Å². The first-order chi connectivity index (χ1) is 9.56. The third-order valence-corrected chi connectivity index (χ3v) is 4.56. The van der Waals surface area contributed by atoms with Crippen molar-refractivity contribution in [1.82, 2.24) is 9.97 Å². The van der Waals surface area contributed by atoms with Gasteiger partial charge in [-0.15, -0.1) is 0 Å². The normalized spacial score (nSPS) is 26.6. The number of methoxy groups -OCH3 is 1. The smallest absolute Gasteiger partial charge is 0.162 e. The van der Waals surface area contributed by atoms with Crippen molar-refractivity contribution < 1.29 is 4.74 Å². The first-order valence-electron chi connectivity index (χ1n) is 7.67. The van der Waals surface area contributed by atoms with Gasteiger partial charge in [-0.05, 0) is 38.5 Å². The molecule has 4 heteroatoms. The quantitative estimate of drug-likeness (QED) is 0.915. The lowest BCUT2D eigenvalue weighted by molar-refractivity contribution is -0.0646. The standard InChI is InChI=1S/C16H27N3O/c1-6-13-12(3)18-15(19-14(13)17-4)16(20-5)9-7-8-11(2)10-16/h11H,6-10H2,1-5H3,(H,17,18,19). The molecule has 0 bridgehead atoms. The minimum atomic E-state index is -0.305. The summed E-state index contributed by atoms with van der Waals surface area (Å²) >= 11 is 0. The van der Waals surface area contributed by atoms with Crippen LogP contribution < -0.4 is 5.32 Å². The van der Waals surface area contributed by atoms with E-state index in [4.69, 9.17) is 14.7 Å². The molecular weight excluding hydrogens is 250 g/mol. The molecule has 0 aromatic carbocycles. The molecule has 1 aromatic rings. The summed E-state index contributed by atoms with van der Waals surface area (Å²) in [5.74, 6) is 2.46. The largest absolute Gasteiger partial charge is 0.373 e. The van der Waals surface area contributed by atoms with E-state index in [0.717, 1.165) is 36.6 Å². The Hall–Kier alpha value is -1.16. The minimum Gasteiger partial charge on any atom is -0.373 e. The Labute approximate surface area is 122 Å². The fourth-order valence-corrected chi connectivity index (χ4v) is 3.41. The van der Waals surface area contributed by atoms with Gasteiger partial charge in [0.05, 0.1) is 0 Å². The summed E-state index contributed by atoms with van der Waals surface area (Å²) in [5, 5.41) is 3.21. The van der Waals surface area contributed by atoms with Gasteiger partial charge in [0.25, 0.3) is 0 Å². The van der Waals surface area contributed by atoms with Crippen molar-refractivity contribution in [3.05, 3.63) is 17.1 Å². The van der Waals surface area contributed by atoms with E-state index >= 15 is 0 Å². The molecule has 20 heavy (non-hydrogen) atoms. The lowest BCUT2D eigenvalue weighted by atomic mass is 9.78. The molecule has 4 nitrogen and oxygen atoms in total. The predicted octanol–water partition coefficient (Wildman–Crippen LogP) is 3.44. The van der Waals surface area contributed by atoms with E-state index in [0.29, 0.717) is 5.92 Å². The molecule has 1 heterocycles. The molecule has 1 aromatic heterocycles. The summed E-state index contributed by atoms with van der Waals surface area (Å²) in [6.07, 6.45) is 5.43. The average Bonchev–Trinajstić information content (AvgIpc) is 2.46. The van der Waals surface area contributed by atoms with E-state index < -0.39 is 0 Å². The van der Waals surface area contributed by atoms with Crippen LogP contribution in [0.25, 0.3) is 0 Å². The molecule has 0 aliphatic heterocycles. The van der Waals surface area contributed by atoms with Crippen molar-refractivity contribution in [3.63, 3.8) is 0 Å². The zero-order valence-electron chi connectivity index (χ0n) is 13.4. The van der Waals surface area contributed by atoms with Gasteiger partial charge in [0, 0.05) is 25.4 Å². The van der Waals surface area contributed by atoms with Crippen molar-refractivity contribution in [1.29, 1.82) is 0 Å². The Balaban J connectivity index is 2.47. The molecule has 1 aliphatic carbocycles. The molecule has 2 unspecified atom stereocenters. The van der Waals surface area contributed by atoms with Crippen LogP contribution >= 0.6 is 0 Å². The molecule has 0 saturated heterocycles. The summed E-state index contributed by atoms with van der Waals surface area (Å²) in [4.78, 5) is 9.55. The predicted molar refractivity (Wildman–Crippen MR) is 82.0 cm³/mol. The molecule has 0 radical (unpaired) electrons. The highest BCUT2D eigenvalue weighted by Crippen LogP contribution is 2.41.